The molecule has 0 unspecified atom stereocenters. The molecule has 2 rings (SSSR count). The van der Waals surface area contributed by atoms with Crippen LogP contribution in [-0.4, -0.2) is 13.7 Å². The second kappa shape index (κ2) is 6.63. The van der Waals surface area contributed by atoms with Gasteiger partial charge >= 0.3 is 0 Å². The topological polar surface area (TPSA) is 34.4 Å². The first-order valence-corrected chi connectivity index (χ1v) is 6.35. The van der Waals surface area contributed by atoms with Crippen LogP contribution in [0.15, 0.2) is 41.0 Å². The van der Waals surface area contributed by atoms with Crippen molar-refractivity contribution in [2.75, 3.05) is 13.7 Å². The Kier molecular flexibility index (Phi) is 4.87. The van der Waals surface area contributed by atoms with E-state index in [0.717, 1.165) is 11.8 Å². The van der Waals surface area contributed by atoms with Crippen molar-refractivity contribution in [2.45, 2.75) is 19.0 Å². The normalized spacial score (nSPS) is 14.2. The summed E-state index contributed by atoms with van der Waals surface area (Å²) >= 11 is 0. The van der Waals surface area contributed by atoms with Crippen LogP contribution in [-0.2, 0) is 4.74 Å². The lowest BCUT2D eigenvalue weighted by molar-refractivity contribution is 0.152. The summed E-state index contributed by atoms with van der Waals surface area (Å²) in [6.45, 7) is 2.29. The summed E-state index contributed by atoms with van der Waals surface area (Å²) in [6, 6.07) is 7.19. The van der Waals surface area contributed by atoms with Gasteiger partial charge in [-0.1, -0.05) is 6.07 Å². The zero-order chi connectivity index (χ0) is 14.5. The van der Waals surface area contributed by atoms with Crippen LogP contribution in [0, 0.1) is 11.6 Å². The molecular weight excluding hydrogens is 264 g/mol. The number of furan rings is 1. The van der Waals surface area contributed by atoms with Crippen molar-refractivity contribution >= 4 is 0 Å². The van der Waals surface area contributed by atoms with Crippen LogP contribution in [0.3, 0.4) is 0 Å². The van der Waals surface area contributed by atoms with E-state index in [2.05, 4.69) is 5.32 Å². The van der Waals surface area contributed by atoms with Gasteiger partial charge in [-0.2, -0.15) is 0 Å². The summed E-state index contributed by atoms with van der Waals surface area (Å²) in [4.78, 5) is 0. The van der Waals surface area contributed by atoms with Crippen LogP contribution >= 0.6 is 0 Å². The summed E-state index contributed by atoms with van der Waals surface area (Å²) in [5.74, 6) is -0.959. The molecule has 2 atom stereocenters. The smallest absolute Gasteiger partial charge is 0.159 e. The molecule has 0 saturated heterocycles. The Bertz CT molecular complexity index is 543. The molecule has 3 nitrogen and oxygen atoms in total. The average molecular weight is 281 g/mol. The van der Waals surface area contributed by atoms with Crippen LogP contribution in [0.25, 0.3) is 0 Å². The number of halogens is 2. The number of hydrogen-bond donors (Lipinski definition) is 1. The highest BCUT2D eigenvalue weighted by atomic mass is 19.2. The van der Waals surface area contributed by atoms with Crippen molar-refractivity contribution in [2.24, 2.45) is 0 Å². The molecule has 108 valence electrons. The first-order valence-electron chi connectivity index (χ1n) is 6.35. The van der Waals surface area contributed by atoms with Gasteiger partial charge in [0.25, 0.3) is 0 Å². The van der Waals surface area contributed by atoms with Gasteiger partial charge in [0.1, 0.15) is 5.76 Å². The molecule has 0 spiro atoms. The molecule has 2 aromatic rings. The molecule has 1 heterocycles. The van der Waals surface area contributed by atoms with Gasteiger partial charge in [-0.15, -0.1) is 0 Å². The second-order valence-corrected chi connectivity index (χ2v) is 4.59. The number of ether oxygens (including phenoxy) is 1. The molecule has 0 amide bonds. The Hall–Kier alpha value is -1.72. The summed E-state index contributed by atoms with van der Waals surface area (Å²) in [7, 11) is 1.60. The highest BCUT2D eigenvalue weighted by molar-refractivity contribution is 5.21. The SMILES string of the molecule is COC[C@@H](N[C@H](C)c1ccc(F)c(F)c1)c1ccco1. The number of benzene rings is 1. The van der Waals surface area contributed by atoms with E-state index < -0.39 is 11.6 Å². The molecule has 1 aromatic carbocycles. The van der Waals surface area contributed by atoms with Crippen molar-refractivity contribution in [1.29, 1.82) is 0 Å². The van der Waals surface area contributed by atoms with Gasteiger partial charge in [0.2, 0.25) is 0 Å². The fourth-order valence-corrected chi connectivity index (χ4v) is 2.05. The lowest BCUT2D eigenvalue weighted by atomic mass is 10.1. The molecule has 1 N–H and O–H groups in total. The van der Waals surface area contributed by atoms with Crippen molar-refractivity contribution in [3.05, 3.63) is 59.6 Å². The minimum atomic E-state index is -0.850. The molecule has 0 bridgehead atoms. The van der Waals surface area contributed by atoms with E-state index in [-0.39, 0.29) is 12.1 Å². The molecule has 20 heavy (non-hydrogen) atoms. The van der Waals surface area contributed by atoms with Crippen LogP contribution < -0.4 is 5.32 Å². The third-order valence-electron chi connectivity index (χ3n) is 3.11. The number of methoxy groups -OCH3 is 1. The largest absolute Gasteiger partial charge is 0.468 e. The number of rotatable bonds is 6. The van der Waals surface area contributed by atoms with Gasteiger partial charge < -0.3 is 9.15 Å². The van der Waals surface area contributed by atoms with Gasteiger partial charge in [-0.25, -0.2) is 8.78 Å². The van der Waals surface area contributed by atoms with Crippen LogP contribution in [0.2, 0.25) is 0 Å². The van der Waals surface area contributed by atoms with Crippen LogP contribution in [0.4, 0.5) is 8.78 Å². The van der Waals surface area contributed by atoms with E-state index in [1.54, 1.807) is 25.5 Å². The third-order valence-corrected chi connectivity index (χ3v) is 3.11. The second-order valence-electron chi connectivity index (χ2n) is 4.59. The predicted octanol–water partition coefficient (Wildman–Crippen LogP) is 3.60. The van der Waals surface area contributed by atoms with Gasteiger partial charge in [0.15, 0.2) is 11.6 Å². The highest BCUT2D eigenvalue weighted by Gasteiger charge is 2.18. The van der Waals surface area contributed by atoms with E-state index in [1.165, 1.54) is 6.07 Å². The zero-order valence-corrected chi connectivity index (χ0v) is 11.4. The molecule has 0 aliphatic rings. The fraction of sp³-hybridized carbons (Fsp3) is 0.333. The maximum Gasteiger partial charge on any atom is 0.159 e. The van der Waals surface area contributed by atoms with E-state index in [4.69, 9.17) is 9.15 Å². The Morgan fingerprint density at radius 3 is 2.65 bits per heavy atom. The molecule has 0 saturated carbocycles. The minimum Gasteiger partial charge on any atom is -0.468 e. The molecule has 0 radical (unpaired) electrons. The van der Waals surface area contributed by atoms with E-state index in [1.807, 2.05) is 13.0 Å². The van der Waals surface area contributed by atoms with Crippen LogP contribution in [0.1, 0.15) is 30.3 Å². The Balaban J connectivity index is 2.11. The quantitative estimate of drug-likeness (QED) is 0.878. The molecule has 1 aromatic heterocycles. The van der Waals surface area contributed by atoms with Gasteiger partial charge in [-0.3, -0.25) is 5.32 Å². The first-order chi connectivity index (χ1) is 9.61. The highest BCUT2D eigenvalue weighted by Crippen LogP contribution is 2.21. The average Bonchev–Trinajstić information content (AvgIpc) is 2.95. The van der Waals surface area contributed by atoms with Crippen molar-refractivity contribution in [3.63, 3.8) is 0 Å². The lowest BCUT2D eigenvalue weighted by Gasteiger charge is -2.21. The number of hydrogen-bond acceptors (Lipinski definition) is 3. The van der Waals surface area contributed by atoms with Gasteiger partial charge in [0.05, 0.1) is 18.9 Å². The Morgan fingerprint density at radius 1 is 1.25 bits per heavy atom. The van der Waals surface area contributed by atoms with Gasteiger partial charge in [0, 0.05) is 13.2 Å². The molecule has 0 aliphatic heterocycles. The Labute approximate surface area is 116 Å². The Morgan fingerprint density at radius 2 is 2.05 bits per heavy atom. The predicted molar refractivity (Wildman–Crippen MR) is 71.2 cm³/mol. The molecule has 0 fully saturated rings. The van der Waals surface area contributed by atoms with E-state index in [0.29, 0.717) is 12.2 Å². The zero-order valence-electron chi connectivity index (χ0n) is 11.4. The summed E-state index contributed by atoms with van der Waals surface area (Å²) in [5.41, 5.74) is 0.663. The van der Waals surface area contributed by atoms with Crippen molar-refractivity contribution < 1.29 is 17.9 Å². The first kappa shape index (κ1) is 14.7. The van der Waals surface area contributed by atoms with Crippen molar-refractivity contribution in [1.82, 2.24) is 5.32 Å². The van der Waals surface area contributed by atoms with Crippen molar-refractivity contribution in [3.8, 4) is 0 Å². The summed E-state index contributed by atoms with van der Waals surface area (Å²) in [6.07, 6.45) is 1.59. The minimum absolute atomic E-state index is 0.155. The summed E-state index contributed by atoms with van der Waals surface area (Å²) in [5, 5.41) is 3.28. The van der Waals surface area contributed by atoms with E-state index in [9.17, 15) is 8.78 Å². The number of nitrogens with one attached hydrogen (secondary N) is 1. The maximum absolute atomic E-state index is 13.3. The molecular formula is C15H17F2NO2. The standard InChI is InChI=1S/C15H17F2NO2/c1-10(11-5-6-12(16)13(17)8-11)18-14(9-19-2)15-4-3-7-20-15/h3-8,10,14,18H,9H2,1-2H3/t10-,14-/m1/s1. The van der Waals surface area contributed by atoms with Crippen LogP contribution in [0.5, 0.6) is 0 Å². The fourth-order valence-electron chi connectivity index (χ4n) is 2.05. The lowest BCUT2D eigenvalue weighted by Crippen LogP contribution is -2.27. The monoisotopic (exact) mass is 281 g/mol. The summed E-state index contributed by atoms with van der Waals surface area (Å²) < 4.78 is 36.7. The molecule has 0 aliphatic carbocycles. The third kappa shape index (κ3) is 3.43. The maximum atomic E-state index is 13.3. The van der Waals surface area contributed by atoms with E-state index >= 15 is 0 Å². The molecule has 5 heteroatoms. The van der Waals surface area contributed by atoms with Gasteiger partial charge in [-0.05, 0) is 36.8 Å².